The topological polar surface area (TPSA) is 71.9 Å². The first-order valence-electron chi connectivity index (χ1n) is 8.40. The predicted molar refractivity (Wildman–Crippen MR) is 95.6 cm³/mol. The van der Waals surface area contributed by atoms with E-state index in [4.69, 9.17) is 9.47 Å². The summed E-state index contributed by atoms with van der Waals surface area (Å²) in [6, 6.07) is 7.16. The van der Waals surface area contributed by atoms with Gasteiger partial charge in [0.2, 0.25) is 5.88 Å². The molecular formula is C19H22N2O4. The molecule has 0 spiro atoms. The number of anilines is 1. The van der Waals surface area contributed by atoms with Crippen LogP contribution in [0.5, 0.6) is 5.88 Å². The number of hydrogen-bond donors (Lipinski definition) is 1. The van der Waals surface area contributed by atoms with E-state index < -0.39 is 5.97 Å². The summed E-state index contributed by atoms with van der Waals surface area (Å²) in [7, 11) is 0. The minimum absolute atomic E-state index is 0.266. The van der Waals surface area contributed by atoms with Crippen LogP contribution >= 0.6 is 0 Å². The summed E-state index contributed by atoms with van der Waals surface area (Å²) in [4.78, 5) is 18.0. The zero-order chi connectivity index (χ0) is 17.8. The van der Waals surface area contributed by atoms with Gasteiger partial charge >= 0.3 is 5.97 Å². The van der Waals surface area contributed by atoms with E-state index in [1.807, 2.05) is 26.0 Å². The average Bonchev–Trinajstić information content (AvgIpc) is 2.63. The van der Waals surface area contributed by atoms with Gasteiger partial charge in [0.05, 0.1) is 25.4 Å². The zero-order valence-electron chi connectivity index (χ0n) is 14.5. The summed E-state index contributed by atoms with van der Waals surface area (Å²) < 4.78 is 11.1. The SMILES string of the molecule is CCOc1ncc(-c2cc(C(=O)O)ccc2C)cc1N1CCOCC1. The molecule has 6 heteroatoms. The monoisotopic (exact) mass is 342 g/mol. The summed E-state index contributed by atoms with van der Waals surface area (Å²) in [6.45, 7) is 7.33. The van der Waals surface area contributed by atoms with Gasteiger partial charge in [-0.15, -0.1) is 0 Å². The number of hydrogen-bond acceptors (Lipinski definition) is 5. The molecule has 132 valence electrons. The number of aryl methyl sites for hydroxylation is 1. The molecule has 1 aromatic heterocycles. The molecule has 1 fully saturated rings. The Balaban J connectivity index is 2.05. The molecule has 0 radical (unpaired) electrons. The van der Waals surface area contributed by atoms with Gasteiger partial charge in [-0.25, -0.2) is 9.78 Å². The molecule has 1 N–H and O–H groups in total. The van der Waals surface area contributed by atoms with Crippen LogP contribution in [0.15, 0.2) is 30.5 Å². The summed E-state index contributed by atoms with van der Waals surface area (Å²) in [5.41, 5.74) is 3.93. The second-order valence-electron chi connectivity index (χ2n) is 5.92. The van der Waals surface area contributed by atoms with Crippen LogP contribution < -0.4 is 9.64 Å². The van der Waals surface area contributed by atoms with Gasteiger partial charge in [0.1, 0.15) is 5.69 Å². The Morgan fingerprint density at radius 1 is 1.32 bits per heavy atom. The largest absolute Gasteiger partial charge is 0.478 e. The molecule has 1 aliphatic rings. The molecule has 6 nitrogen and oxygen atoms in total. The van der Waals surface area contributed by atoms with Gasteiger partial charge < -0.3 is 19.5 Å². The lowest BCUT2D eigenvalue weighted by atomic mass is 9.99. The second kappa shape index (κ2) is 7.53. The van der Waals surface area contributed by atoms with E-state index in [0.717, 1.165) is 35.5 Å². The van der Waals surface area contributed by atoms with Gasteiger partial charge in [0.15, 0.2) is 0 Å². The van der Waals surface area contributed by atoms with Crippen molar-refractivity contribution in [3.63, 3.8) is 0 Å². The van der Waals surface area contributed by atoms with Crippen LogP contribution in [0.4, 0.5) is 5.69 Å². The van der Waals surface area contributed by atoms with Crippen molar-refractivity contribution >= 4 is 11.7 Å². The van der Waals surface area contributed by atoms with E-state index in [-0.39, 0.29) is 5.56 Å². The molecule has 3 rings (SSSR count). The van der Waals surface area contributed by atoms with E-state index >= 15 is 0 Å². The molecule has 0 atom stereocenters. The normalized spacial score (nSPS) is 14.4. The highest BCUT2D eigenvalue weighted by Crippen LogP contribution is 2.33. The van der Waals surface area contributed by atoms with Gasteiger partial charge in [-0.05, 0) is 43.2 Å². The average molecular weight is 342 g/mol. The molecule has 0 unspecified atom stereocenters. The van der Waals surface area contributed by atoms with Crippen molar-refractivity contribution in [2.45, 2.75) is 13.8 Å². The zero-order valence-corrected chi connectivity index (χ0v) is 14.5. The fourth-order valence-electron chi connectivity index (χ4n) is 2.93. The van der Waals surface area contributed by atoms with Crippen LogP contribution in [0.3, 0.4) is 0 Å². The number of rotatable bonds is 5. The smallest absolute Gasteiger partial charge is 0.335 e. The van der Waals surface area contributed by atoms with E-state index in [0.29, 0.717) is 25.7 Å². The van der Waals surface area contributed by atoms with Crippen molar-refractivity contribution in [2.75, 3.05) is 37.8 Å². The van der Waals surface area contributed by atoms with Crippen molar-refractivity contribution < 1.29 is 19.4 Å². The van der Waals surface area contributed by atoms with Crippen LogP contribution in [-0.2, 0) is 4.74 Å². The van der Waals surface area contributed by atoms with E-state index in [9.17, 15) is 9.90 Å². The highest BCUT2D eigenvalue weighted by Gasteiger charge is 2.19. The van der Waals surface area contributed by atoms with Crippen molar-refractivity contribution in [3.05, 3.63) is 41.6 Å². The number of benzene rings is 1. The van der Waals surface area contributed by atoms with Crippen LogP contribution in [0.25, 0.3) is 11.1 Å². The lowest BCUT2D eigenvalue weighted by Crippen LogP contribution is -2.36. The number of aromatic carboxylic acids is 1. The molecule has 1 aliphatic heterocycles. The lowest BCUT2D eigenvalue weighted by molar-refractivity contribution is 0.0697. The molecule has 2 aromatic rings. The molecular weight excluding hydrogens is 320 g/mol. The van der Waals surface area contributed by atoms with Gasteiger partial charge in [-0.1, -0.05) is 6.07 Å². The van der Waals surface area contributed by atoms with Crippen molar-refractivity contribution in [2.24, 2.45) is 0 Å². The molecule has 1 aromatic carbocycles. The number of morpholine rings is 1. The molecule has 0 saturated carbocycles. The minimum atomic E-state index is -0.937. The summed E-state index contributed by atoms with van der Waals surface area (Å²) in [5.74, 6) is -0.339. The molecule has 2 heterocycles. The first kappa shape index (κ1) is 17.2. The van der Waals surface area contributed by atoms with Gasteiger partial charge in [-0.3, -0.25) is 0 Å². The molecule has 25 heavy (non-hydrogen) atoms. The quantitative estimate of drug-likeness (QED) is 0.901. The van der Waals surface area contributed by atoms with Crippen LogP contribution in [0, 0.1) is 6.92 Å². The Bertz CT molecular complexity index is 770. The standard InChI is InChI=1S/C19H22N2O4/c1-3-25-18-17(21-6-8-24-9-7-21)11-15(12-20-18)16-10-14(19(22)23)5-4-13(16)2/h4-5,10-12H,3,6-9H2,1-2H3,(H,22,23). The summed E-state index contributed by atoms with van der Waals surface area (Å²) >= 11 is 0. The van der Waals surface area contributed by atoms with Crippen LogP contribution in [0.2, 0.25) is 0 Å². The first-order valence-corrected chi connectivity index (χ1v) is 8.40. The highest BCUT2D eigenvalue weighted by molar-refractivity contribution is 5.90. The van der Waals surface area contributed by atoms with Crippen molar-refractivity contribution in [3.8, 4) is 17.0 Å². The molecule has 0 aliphatic carbocycles. The summed E-state index contributed by atoms with van der Waals surface area (Å²) in [5, 5.41) is 9.26. The third-order valence-electron chi connectivity index (χ3n) is 4.26. The Labute approximate surface area is 147 Å². The number of carboxylic acids is 1. The number of carbonyl (C=O) groups is 1. The fourth-order valence-corrected chi connectivity index (χ4v) is 2.93. The fraction of sp³-hybridized carbons (Fsp3) is 0.368. The Morgan fingerprint density at radius 2 is 2.08 bits per heavy atom. The number of aromatic nitrogens is 1. The third-order valence-corrected chi connectivity index (χ3v) is 4.26. The lowest BCUT2D eigenvalue weighted by Gasteiger charge is -2.30. The number of carboxylic acid groups (broad SMARTS) is 1. The van der Waals surface area contributed by atoms with Gasteiger partial charge in [0, 0.05) is 24.8 Å². The molecule has 0 amide bonds. The highest BCUT2D eigenvalue weighted by atomic mass is 16.5. The maximum absolute atomic E-state index is 11.3. The molecule has 1 saturated heterocycles. The van der Waals surface area contributed by atoms with Gasteiger partial charge in [0.25, 0.3) is 0 Å². The van der Waals surface area contributed by atoms with E-state index in [1.165, 1.54) is 0 Å². The molecule has 0 bridgehead atoms. The second-order valence-corrected chi connectivity index (χ2v) is 5.92. The summed E-state index contributed by atoms with van der Waals surface area (Å²) in [6.07, 6.45) is 1.74. The number of ether oxygens (including phenoxy) is 2. The van der Waals surface area contributed by atoms with Crippen molar-refractivity contribution in [1.82, 2.24) is 4.98 Å². The number of nitrogens with zero attached hydrogens (tertiary/aromatic N) is 2. The maximum Gasteiger partial charge on any atom is 0.335 e. The van der Waals surface area contributed by atoms with Gasteiger partial charge in [-0.2, -0.15) is 0 Å². The third kappa shape index (κ3) is 3.74. The predicted octanol–water partition coefficient (Wildman–Crippen LogP) is 2.99. The Morgan fingerprint density at radius 3 is 2.76 bits per heavy atom. The van der Waals surface area contributed by atoms with Crippen LogP contribution in [-0.4, -0.2) is 49.0 Å². The van der Waals surface area contributed by atoms with E-state index in [1.54, 1.807) is 18.3 Å². The minimum Gasteiger partial charge on any atom is -0.478 e. The first-order chi connectivity index (χ1) is 12.1. The number of pyridine rings is 1. The van der Waals surface area contributed by atoms with Crippen LogP contribution in [0.1, 0.15) is 22.8 Å². The Kier molecular flexibility index (Phi) is 5.19. The Hall–Kier alpha value is -2.60. The van der Waals surface area contributed by atoms with Crippen molar-refractivity contribution in [1.29, 1.82) is 0 Å². The maximum atomic E-state index is 11.3. The van der Waals surface area contributed by atoms with E-state index in [2.05, 4.69) is 9.88 Å².